The van der Waals surface area contributed by atoms with Crippen LogP contribution in [0.3, 0.4) is 0 Å². The summed E-state index contributed by atoms with van der Waals surface area (Å²) in [5.74, 6) is 0.444. The number of hydrogen-bond donors (Lipinski definition) is 1. The number of aryl methyl sites for hydroxylation is 1. The molecule has 1 saturated carbocycles. The molecule has 4 heteroatoms. The predicted octanol–water partition coefficient (Wildman–Crippen LogP) is 3.94. The first-order valence-electron chi connectivity index (χ1n) is 7.41. The quantitative estimate of drug-likeness (QED) is 0.911. The molecular formula is C15H21NO2S. The highest BCUT2D eigenvalue weighted by Gasteiger charge is 2.34. The molecule has 2 aliphatic rings. The van der Waals surface area contributed by atoms with Crippen LogP contribution in [0.15, 0.2) is 0 Å². The molecular weight excluding hydrogens is 258 g/mol. The molecule has 1 unspecified atom stereocenters. The van der Waals surface area contributed by atoms with Crippen molar-refractivity contribution in [3.63, 3.8) is 0 Å². The van der Waals surface area contributed by atoms with Crippen molar-refractivity contribution in [2.75, 3.05) is 0 Å². The molecule has 1 heterocycles. The fraction of sp³-hybridized carbons (Fsp3) is 0.733. The van der Waals surface area contributed by atoms with Crippen LogP contribution >= 0.6 is 11.3 Å². The van der Waals surface area contributed by atoms with Crippen LogP contribution in [0.4, 0.5) is 0 Å². The maximum absolute atomic E-state index is 11.2. The number of carbonyl (C=O) groups is 1. The van der Waals surface area contributed by atoms with Crippen molar-refractivity contribution in [3.8, 4) is 0 Å². The molecule has 0 aliphatic heterocycles. The van der Waals surface area contributed by atoms with Crippen LogP contribution in [0.5, 0.6) is 0 Å². The molecule has 3 rings (SSSR count). The number of nitrogens with zero attached hydrogens (tertiary/aromatic N) is 1. The Hall–Kier alpha value is -0.900. The lowest BCUT2D eigenvalue weighted by Crippen LogP contribution is -2.13. The fourth-order valence-corrected chi connectivity index (χ4v) is 4.79. The summed E-state index contributed by atoms with van der Waals surface area (Å²) in [7, 11) is 0. The molecule has 0 aromatic carbocycles. The summed E-state index contributed by atoms with van der Waals surface area (Å²) >= 11 is 1.78. The van der Waals surface area contributed by atoms with E-state index in [1.165, 1.54) is 42.0 Å². The molecule has 0 amide bonds. The van der Waals surface area contributed by atoms with E-state index in [4.69, 9.17) is 4.98 Å². The van der Waals surface area contributed by atoms with Crippen molar-refractivity contribution in [2.45, 2.75) is 63.7 Å². The third kappa shape index (κ3) is 2.42. The largest absolute Gasteiger partial charge is 0.481 e. The molecule has 2 aliphatic carbocycles. The van der Waals surface area contributed by atoms with Gasteiger partial charge < -0.3 is 5.11 Å². The molecule has 1 aromatic rings. The van der Waals surface area contributed by atoms with E-state index in [9.17, 15) is 9.90 Å². The highest BCUT2D eigenvalue weighted by atomic mass is 32.1. The maximum Gasteiger partial charge on any atom is 0.312 e. The number of carboxylic acids is 1. The zero-order valence-electron chi connectivity index (χ0n) is 11.4. The van der Waals surface area contributed by atoms with E-state index in [0.29, 0.717) is 5.92 Å². The number of hydrogen-bond acceptors (Lipinski definition) is 3. The maximum atomic E-state index is 11.2. The van der Waals surface area contributed by atoms with Gasteiger partial charge in [-0.05, 0) is 44.4 Å². The normalized spacial score (nSPS) is 30.3. The van der Waals surface area contributed by atoms with Gasteiger partial charge in [0.15, 0.2) is 0 Å². The summed E-state index contributed by atoms with van der Waals surface area (Å²) in [6.07, 6.45) is 8.05. The van der Waals surface area contributed by atoms with Gasteiger partial charge in [-0.1, -0.05) is 13.3 Å². The fourth-order valence-electron chi connectivity index (χ4n) is 3.48. The number of thiazole rings is 1. The molecule has 0 bridgehead atoms. The summed E-state index contributed by atoms with van der Waals surface area (Å²) < 4.78 is 0. The minimum absolute atomic E-state index is 0.341. The number of carboxylic acid groups (broad SMARTS) is 1. The number of aliphatic carboxylic acids is 1. The van der Waals surface area contributed by atoms with E-state index in [1.54, 1.807) is 11.3 Å². The highest BCUT2D eigenvalue weighted by Crippen LogP contribution is 2.43. The second-order valence-electron chi connectivity index (χ2n) is 5.92. The Labute approximate surface area is 118 Å². The topological polar surface area (TPSA) is 50.2 Å². The Morgan fingerprint density at radius 2 is 2.05 bits per heavy atom. The van der Waals surface area contributed by atoms with E-state index in [-0.39, 0.29) is 5.92 Å². The van der Waals surface area contributed by atoms with Crippen molar-refractivity contribution in [2.24, 2.45) is 5.92 Å². The molecule has 1 aromatic heterocycles. The van der Waals surface area contributed by atoms with Gasteiger partial charge in [0.1, 0.15) is 5.92 Å². The van der Waals surface area contributed by atoms with Crippen molar-refractivity contribution in [3.05, 3.63) is 15.6 Å². The monoisotopic (exact) mass is 279 g/mol. The van der Waals surface area contributed by atoms with Crippen molar-refractivity contribution in [1.82, 2.24) is 4.98 Å². The van der Waals surface area contributed by atoms with Crippen LogP contribution in [0.2, 0.25) is 0 Å². The molecule has 3 nitrogen and oxygen atoms in total. The third-order valence-electron chi connectivity index (χ3n) is 4.81. The van der Waals surface area contributed by atoms with Gasteiger partial charge in [0.2, 0.25) is 0 Å². The van der Waals surface area contributed by atoms with Gasteiger partial charge in [-0.15, -0.1) is 11.3 Å². The minimum Gasteiger partial charge on any atom is -0.481 e. The minimum atomic E-state index is -0.703. The van der Waals surface area contributed by atoms with Gasteiger partial charge in [0.25, 0.3) is 0 Å². The smallest absolute Gasteiger partial charge is 0.312 e. The zero-order chi connectivity index (χ0) is 13.4. The number of aromatic nitrogens is 1. The van der Waals surface area contributed by atoms with Crippen LogP contribution in [-0.2, 0) is 11.2 Å². The van der Waals surface area contributed by atoms with Gasteiger partial charge in [-0.3, -0.25) is 4.79 Å². The van der Waals surface area contributed by atoms with Crippen LogP contribution in [-0.4, -0.2) is 16.1 Å². The van der Waals surface area contributed by atoms with Crippen LogP contribution in [0.25, 0.3) is 0 Å². The van der Waals surface area contributed by atoms with Crippen molar-refractivity contribution in [1.29, 1.82) is 0 Å². The Morgan fingerprint density at radius 1 is 1.32 bits per heavy atom. The van der Waals surface area contributed by atoms with Crippen LogP contribution < -0.4 is 0 Å². The highest BCUT2D eigenvalue weighted by molar-refractivity contribution is 7.11. The first-order chi connectivity index (χ1) is 9.19. The van der Waals surface area contributed by atoms with E-state index in [0.717, 1.165) is 24.5 Å². The van der Waals surface area contributed by atoms with Gasteiger partial charge in [0, 0.05) is 10.8 Å². The molecule has 1 fully saturated rings. The van der Waals surface area contributed by atoms with E-state index in [1.807, 2.05) is 0 Å². The van der Waals surface area contributed by atoms with Crippen LogP contribution in [0.1, 0.15) is 72.9 Å². The summed E-state index contributed by atoms with van der Waals surface area (Å²) in [6, 6.07) is 0. The number of rotatable bonds is 3. The first kappa shape index (κ1) is 13.1. The molecule has 0 spiro atoms. The summed E-state index contributed by atoms with van der Waals surface area (Å²) in [5.41, 5.74) is 0.880. The van der Waals surface area contributed by atoms with Gasteiger partial charge >= 0.3 is 5.97 Å². The molecule has 19 heavy (non-hydrogen) atoms. The predicted molar refractivity (Wildman–Crippen MR) is 75.8 cm³/mol. The molecule has 1 N–H and O–H groups in total. The second-order valence-corrected chi connectivity index (χ2v) is 7.03. The standard InChI is InChI=1S/C15H21NO2S/c1-2-9-3-5-10(6-4-9)14-16-13-11(15(17)18)7-8-12(13)19-14/h9-11H,2-8H2,1H3,(H,17,18). The van der Waals surface area contributed by atoms with Gasteiger partial charge in [0.05, 0.1) is 10.7 Å². The molecule has 1 atom stereocenters. The molecule has 0 radical (unpaired) electrons. The number of fused-ring (bicyclic) bond motifs is 1. The lowest BCUT2D eigenvalue weighted by atomic mass is 9.81. The lowest BCUT2D eigenvalue weighted by Gasteiger charge is -2.26. The Kier molecular flexibility index (Phi) is 3.61. The summed E-state index contributed by atoms with van der Waals surface area (Å²) in [6.45, 7) is 2.28. The Bertz CT molecular complexity index is 474. The average molecular weight is 279 g/mol. The van der Waals surface area contributed by atoms with Crippen molar-refractivity contribution < 1.29 is 9.90 Å². The average Bonchev–Trinajstić information content (AvgIpc) is 2.98. The zero-order valence-corrected chi connectivity index (χ0v) is 12.2. The summed E-state index contributed by atoms with van der Waals surface area (Å²) in [4.78, 5) is 17.1. The Morgan fingerprint density at radius 3 is 2.68 bits per heavy atom. The van der Waals surface area contributed by atoms with Crippen molar-refractivity contribution >= 4 is 17.3 Å². The lowest BCUT2D eigenvalue weighted by molar-refractivity contribution is -0.138. The third-order valence-corrected chi connectivity index (χ3v) is 6.10. The first-order valence-corrected chi connectivity index (χ1v) is 8.23. The second kappa shape index (κ2) is 5.23. The SMILES string of the molecule is CCC1CCC(c2nc3c(s2)CCC3C(=O)O)CC1. The van der Waals surface area contributed by atoms with Gasteiger partial charge in [-0.2, -0.15) is 0 Å². The summed E-state index contributed by atoms with van der Waals surface area (Å²) in [5, 5.41) is 10.4. The van der Waals surface area contributed by atoms with E-state index >= 15 is 0 Å². The van der Waals surface area contributed by atoms with Gasteiger partial charge in [-0.25, -0.2) is 4.98 Å². The van der Waals surface area contributed by atoms with Crippen LogP contribution in [0, 0.1) is 5.92 Å². The Balaban J connectivity index is 1.74. The molecule has 0 saturated heterocycles. The molecule has 104 valence electrons. The van der Waals surface area contributed by atoms with E-state index < -0.39 is 5.97 Å². The van der Waals surface area contributed by atoms with E-state index in [2.05, 4.69) is 6.92 Å².